The Balaban J connectivity index is 0.000000510. The summed E-state index contributed by atoms with van der Waals surface area (Å²) in [6.45, 7) is 4.79. The smallest absolute Gasteiger partial charge is 0.308 e. The zero-order valence-corrected chi connectivity index (χ0v) is 22.5. The Labute approximate surface area is 228 Å². The minimum absolute atomic E-state index is 0.0647. The average molecular weight is 542 g/mol. The van der Waals surface area contributed by atoms with E-state index in [0.29, 0.717) is 31.7 Å². The topological polar surface area (TPSA) is 173 Å². The van der Waals surface area contributed by atoms with E-state index in [4.69, 9.17) is 21.3 Å². The van der Waals surface area contributed by atoms with Crippen LogP contribution in [0, 0.1) is 17.8 Å². The Kier molecular flexibility index (Phi) is 12.4. The second-order valence-corrected chi connectivity index (χ2v) is 9.62. The van der Waals surface area contributed by atoms with Crippen LogP contribution in [0.2, 0.25) is 0 Å². The van der Waals surface area contributed by atoms with Crippen LogP contribution >= 0.6 is 0 Å². The molecule has 1 aliphatic rings. The Hall–Kier alpha value is -3.92. The van der Waals surface area contributed by atoms with E-state index < -0.39 is 41.6 Å². The molecular formula is C29H39N3O7. The monoisotopic (exact) mass is 541 g/mol. The summed E-state index contributed by atoms with van der Waals surface area (Å²) < 4.78 is 5.77. The molecule has 4 atom stereocenters. The highest BCUT2D eigenvalue weighted by atomic mass is 16.5. The first-order valence-corrected chi connectivity index (χ1v) is 13.2. The number of nitrogens with zero attached hydrogens (tertiary/aromatic N) is 1. The first kappa shape index (κ1) is 31.3. The number of ether oxygens (including phenoxy) is 1. The van der Waals surface area contributed by atoms with Crippen molar-refractivity contribution in [2.45, 2.75) is 58.5 Å². The molecule has 0 spiro atoms. The number of carbonyl (C=O) groups excluding carboxylic acids is 2. The fraction of sp³-hybridized carbons (Fsp3) is 0.448. The van der Waals surface area contributed by atoms with Crippen molar-refractivity contribution in [3.8, 4) is 11.5 Å². The van der Waals surface area contributed by atoms with Gasteiger partial charge in [-0.2, -0.15) is 0 Å². The van der Waals surface area contributed by atoms with Gasteiger partial charge in [-0.05, 0) is 49.1 Å². The van der Waals surface area contributed by atoms with Crippen molar-refractivity contribution in [1.82, 2.24) is 4.90 Å². The first-order valence-electron chi connectivity index (χ1n) is 13.2. The Morgan fingerprint density at radius 1 is 0.923 bits per heavy atom. The van der Waals surface area contributed by atoms with Gasteiger partial charge in [0, 0.05) is 13.1 Å². The first-order chi connectivity index (χ1) is 18.6. The number of carboxylic acid groups (broad SMARTS) is 2. The molecule has 2 amide bonds. The Morgan fingerprint density at radius 2 is 1.54 bits per heavy atom. The molecule has 0 aromatic heterocycles. The van der Waals surface area contributed by atoms with Crippen LogP contribution in [0.5, 0.6) is 11.5 Å². The maximum Gasteiger partial charge on any atom is 0.308 e. The molecule has 1 saturated carbocycles. The fourth-order valence-electron chi connectivity index (χ4n) is 4.35. The fourth-order valence-corrected chi connectivity index (χ4v) is 4.35. The van der Waals surface area contributed by atoms with Gasteiger partial charge in [-0.1, -0.05) is 57.0 Å². The van der Waals surface area contributed by atoms with E-state index in [2.05, 4.69) is 0 Å². The maximum absolute atomic E-state index is 13.0. The number of amides is 2. The van der Waals surface area contributed by atoms with E-state index in [-0.39, 0.29) is 12.3 Å². The third kappa shape index (κ3) is 9.40. The molecule has 0 heterocycles. The van der Waals surface area contributed by atoms with E-state index in [1.54, 1.807) is 4.90 Å². The number of hydrogen-bond acceptors (Lipinski definition) is 6. The van der Waals surface area contributed by atoms with E-state index >= 15 is 0 Å². The Bertz CT molecular complexity index is 1090. The lowest BCUT2D eigenvalue weighted by molar-refractivity contribution is -0.172. The molecule has 0 radical (unpaired) electrons. The van der Waals surface area contributed by atoms with Gasteiger partial charge in [0.2, 0.25) is 11.8 Å². The van der Waals surface area contributed by atoms with Crippen LogP contribution in [0.1, 0.15) is 51.5 Å². The average Bonchev–Trinajstić information content (AvgIpc) is 2.87. The molecule has 0 bridgehead atoms. The van der Waals surface area contributed by atoms with Crippen LogP contribution in [-0.4, -0.2) is 51.5 Å². The molecule has 3 rings (SSSR count). The van der Waals surface area contributed by atoms with Crippen molar-refractivity contribution in [3.05, 3.63) is 60.2 Å². The second-order valence-electron chi connectivity index (χ2n) is 9.62. The highest BCUT2D eigenvalue weighted by Crippen LogP contribution is 2.42. The van der Waals surface area contributed by atoms with Crippen LogP contribution in [0.3, 0.4) is 0 Å². The third-order valence-corrected chi connectivity index (χ3v) is 6.61. The normalized spacial score (nSPS) is 18.5. The molecule has 2 aromatic carbocycles. The molecule has 10 nitrogen and oxygen atoms in total. The zero-order chi connectivity index (χ0) is 28.9. The number of rotatable bonds is 13. The number of carboxylic acids is 2. The van der Waals surface area contributed by atoms with Gasteiger partial charge in [0.1, 0.15) is 11.5 Å². The van der Waals surface area contributed by atoms with Crippen molar-refractivity contribution >= 4 is 23.8 Å². The molecule has 1 fully saturated rings. The van der Waals surface area contributed by atoms with Gasteiger partial charge in [0.15, 0.2) is 0 Å². The third-order valence-electron chi connectivity index (χ3n) is 6.61. The lowest BCUT2D eigenvalue weighted by atomic mass is 9.64. The van der Waals surface area contributed by atoms with Crippen LogP contribution < -0.4 is 16.2 Å². The number of carbonyl (C=O) groups is 4. The highest BCUT2D eigenvalue weighted by molar-refractivity contribution is 5.91. The molecular weight excluding hydrogens is 502 g/mol. The quantitative estimate of drug-likeness (QED) is 0.297. The molecule has 0 saturated heterocycles. The number of nitrogens with two attached hydrogens (primary N) is 2. The van der Waals surface area contributed by atoms with Crippen LogP contribution in [0.4, 0.5) is 0 Å². The lowest BCUT2D eigenvalue weighted by Crippen LogP contribution is -2.53. The van der Waals surface area contributed by atoms with E-state index in [1.165, 1.54) is 0 Å². The minimum atomic E-state index is -1.23. The summed E-state index contributed by atoms with van der Waals surface area (Å²) in [6.07, 6.45) is 3.53. The lowest BCUT2D eigenvalue weighted by Gasteiger charge is -2.40. The summed E-state index contributed by atoms with van der Waals surface area (Å²) in [7, 11) is 0. The van der Waals surface area contributed by atoms with Crippen molar-refractivity contribution in [1.29, 1.82) is 0 Å². The van der Waals surface area contributed by atoms with Crippen LogP contribution in [0.15, 0.2) is 54.6 Å². The zero-order valence-electron chi connectivity index (χ0n) is 22.5. The summed E-state index contributed by atoms with van der Waals surface area (Å²) in [6, 6.07) is 16.3. The van der Waals surface area contributed by atoms with Crippen LogP contribution in [-0.2, 0) is 25.7 Å². The van der Waals surface area contributed by atoms with Gasteiger partial charge in [0.25, 0.3) is 0 Å². The van der Waals surface area contributed by atoms with Gasteiger partial charge in [-0.25, -0.2) is 0 Å². The number of primary amides is 1. The van der Waals surface area contributed by atoms with E-state index in [9.17, 15) is 24.3 Å². The molecule has 6 N–H and O–H groups in total. The predicted octanol–water partition coefficient (Wildman–Crippen LogP) is 3.63. The Morgan fingerprint density at radius 3 is 2.05 bits per heavy atom. The number of unbranched alkanes of at least 4 members (excludes halogenated alkanes) is 1. The van der Waals surface area contributed by atoms with Gasteiger partial charge in [-0.3, -0.25) is 19.2 Å². The minimum Gasteiger partial charge on any atom is -0.481 e. The van der Waals surface area contributed by atoms with Crippen molar-refractivity contribution in [2.24, 2.45) is 29.2 Å². The van der Waals surface area contributed by atoms with Crippen molar-refractivity contribution in [3.63, 3.8) is 0 Å². The van der Waals surface area contributed by atoms with E-state index in [0.717, 1.165) is 24.2 Å². The number of hydrogen-bond donors (Lipinski definition) is 4. The summed E-state index contributed by atoms with van der Waals surface area (Å²) in [5.74, 6) is -4.66. The SMILES string of the molecule is CCCC[C@@H](N)C(N)=O.CCCN(Cc1ccc(Oc2ccccc2)cc1)C(=O)C1CC(C(=O)O)C1C(=O)O. The van der Waals surface area contributed by atoms with E-state index in [1.807, 2.05) is 68.4 Å². The highest BCUT2D eigenvalue weighted by Gasteiger charge is 2.54. The standard InChI is InChI=1S/C23H25NO6.C6H14N2O/c1-2-12-24(21(25)18-13-19(22(26)27)20(18)23(28)29)14-15-8-10-17(11-9-15)30-16-6-4-3-5-7-16;1-2-3-4-5(7)6(8)9/h3-11,18-20H,2,12-14H2,1H3,(H,26,27)(H,28,29);5H,2-4,7H2,1H3,(H2,8,9)/t;5-/m.1/s1. The summed E-state index contributed by atoms with van der Waals surface area (Å²) in [5, 5.41) is 18.5. The van der Waals surface area contributed by atoms with Gasteiger partial charge in [-0.15, -0.1) is 0 Å². The molecule has 212 valence electrons. The molecule has 10 heteroatoms. The molecule has 3 unspecified atom stereocenters. The second kappa shape index (κ2) is 15.5. The molecule has 1 aliphatic carbocycles. The molecule has 39 heavy (non-hydrogen) atoms. The summed E-state index contributed by atoms with van der Waals surface area (Å²) in [5.41, 5.74) is 11.1. The number of aliphatic carboxylic acids is 2. The number of benzene rings is 2. The van der Waals surface area contributed by atoms with Gasteiger partial charge < -0.3 is 31.3 Å². The molecule has 0 aliphatic heterocycles. The van der Waals surface area contributed by atoms with Crippen molar-refractivity contribution in [2.75, 3.05) is 6.54 Å². The number of para-hydroxylation sites is 1. The molecule has 2 aromatic rings. The van der Waals surface area contributed by atoms with Gasteiger partial charge in [0.05, 0.1) is 23.8 Å². The summed E-state index contributed by atoms with van der Waals surface area (Å²) >= 11 is 0. The maximum atomic E-state index is 13.0. The van der Waals surface area contributed by atoms with Crippen LogP contribution in [0.25, 0.3) is 0 Å². The predicted molar refractivity (Wildman–Crippen MR) is 146 cm³/mol. The van der Waals surface area contributed by atoms with Crippen molar-refractivity contribution < 1.29 is 34.1 Å². The van der Waals surface area contributed by atoms with Gasteiger partial charge >= 0.3 is 11.9 Å². The summed E-state index contributed by atoms with van der Waals surface area (Å²) in [4.78, 5) is 47.6. The largest absolute Gasteiger partial charge is 0.481 e.